The van der Waals surface area contributed by atoms with Crippen molar-refractivity contribution in [2.75, 3.05) is 12.4 Å². The predicted octanol–water partition coefficient (Wildman–Crippen LogP) is 1.46. The van der Waals surface area contributed by atoms with Crippen LogP contribution in [0, 0.1) is 0 Å². The molecule has 0 saturated carbocycles. The van der Waals surface area contributed by atoms with Gasteiger partial charge < -0.3 is 20.9 Å². The Bertz CT molecular complexity index is 474. The van der Waals surface area contributed by atoms with Crippen LogP contribution in [0.1, 0.15) is 30.1 Å². The number of nitrogens with one attached hydrogen (secondary N) is 1. The van der Waals surface area contributed by atoms with Gasteiger partial charge in [0.1, 0.15) is 5.75 Å². The maximum Gasteiger partial charge on any atom is 0.337 e. The van der Waals surface area contributed by atoms with Crippen LogP contribution >= 0.6 is 0 Å². The molecule has 0 aliphatic rings. The molecule has 0 spiro atoms. The molecule has 0 aromatic heterocycles. The molecule has 0 radical (unpaired) electrons. The summed E-state index contributed by atoms with van der Waals surface area (Å²) in [6, 6.07) is 3.70. The number of carboxylic acid groups (broad SMARTS) is 1. The topological polar surface area (TPSA) is 102 Å². The predicted molar refractivity (Wildman–Crippen MR) is 71.5 cm³/mol. The molecule has 0 fully saturated rings. The minimum atomic E-state index is -1.12. The van der Waals surface area contributed by atoms with Crippen molar-refractivity contribution in [3.05, 3.63) is 23.8 Å². The van der Waals surface area contributed by atoms with Crippen LogP contribution in [0.2, 0.25) is 0 Å². The maximum absolute atomic E-state index is 11.8. The Balaban J connectivity index is 2.97. The number of hydrogen-bond donors (Lipinski definition) is 3. The zero-order chi connectivity index (χ0) is 14.4. The van der Waals surface area contributed by atoms with Crippen molar-refractivity contribution in [2.45, 2.75) is 25.8 Å². The lowest BCUT2D eigenvalue weighted by atomic mass is 10.1. The van der Waals surface area contributed by atoms with Crippen molar-refractivity contribution in [1.29, 1.82) is 0 Å². The van der Waals surface area contributed by atoms with Gasteiger partial charge in [0.05, 0.1) is 24.4 Å². The second-order valence-corrected chi connectivity index (χ2v) is 4.10. The van der Waals surface area contributed by atoms with E-state index >= 15 is 0 Å². The third kappa shape index (κ3) is 3.96. The molecule has 104 valence electrons. The van der Waals surface area contributed by atoms with Crippen molar-refractivity contribution < 1.29 is 19.4 Å². The minimum Gasteiger partial charge on any atom is -0.497 e. The molecule has 0 heterocycles. The van der Waals surface area contributed by atoms with Gasteiger partial charge in [-0.15, -0.1) is 0 Å². The molecule has 4 N–H and O–H groups in total. The van der Waals surface area contributed by atoms with Gasteiger partial charge in [-0.2, -0.15) is 0 Å². The summed E-state index contributed by atoms with van der Waals surface area (Å²) in [5.74, 6) is -1.07. The molecule has 1 rings (SSSR count). The fourth-order valence-electron chi connectivity index (χ4n) is 1.61. The third-order valence-corrected chi connectivity index (χ3v) is 2.65. The van der Waals surface area contributed by atoms with Gasteiger partial charge in [0.15, 0.2) is 0 Å². The van der Waals surface area contributed by atoms with Gasteiger partial charge in [-0.05, 0) is 18.6 Å². The van der Waals surface area contributed by atoms with Gasteiger partial charge in [-0.3, -0.25) is 4.79 Å². The summed E-state index contributed by atoms with van der Waals surface area (Å²) in [6.45, 7) is 1.92. The van der Waals surface area contributed by atoms with E-state index in [0.717, 1.165) is 6.42 Å². The van der Waals surface area contributed by atoms with Crippen LogP contribution in [0.5, 0.6) is 5.75 Å². The van der Waals surface area contributed by atoms with E-state index in [2.05, 4.69) is 5.32 Å². The number of nitrogens with two attached hydrogens (primary N) is 1. The number of carboxylic acids is 1. The first kappa shape index (κ1) is 15.0. The Morgan fingerprint density at radius 2 is 2.16 bits per heavy atom. The van der Waals surface area contributed by atoms with E-state index in [1.807, 2.05) is 6.92 Å². The van der Waals surface area contributed by atoms with Crippen LogP contribution in [0.4, 0.5) is 5.69 Å². The fourth-order valence-corrected chi connectivity index (χ4v) is 1.61. The molecule has 0 saturated heterocycles. The number of carbonyl (C=O) groups excluding carboxylic acids is 1. The number of carbonyl (C=O) groups is 2. The number of anilines is 1. The standard InChI is InChI=1S/C13H18N2O4/c1-3-4-10(14)12(16)15-11-7-8(19-2)5-6-9(11)13(17)18/h5-7,10H,3-4,14H2,1-2H3,(H,15,16)(H,17,18). The van der Waals surface area contributed by atoms with Gasteiger partial charge >= 0.3 is 5.97 Å². The number of hydrogen-bond acceptors (Lipinski definition) is 4. The minimum absolute atomic E-state index is 0.00199. The summed E-state index contributed by atoms with van der Waals surface area (Å²) in [5.41, 5.74) is 5.86. The number of rotatable bonds is 6. The first-order chi connectivity index (χ1) is 8.99. The van der Waals surface area contributed by atoms with Crippen LogP contribution < -0.4 is 15.8 Å². The van der Waals surface area contributed by atoms with Crippen molar-refractivity contribution in [1.82, 2.24) is 0 Å². The Morgan fingerprint density at radius 1 is 1.47 bits per heavy atom. The first-order valence-corrected chi connectivity index (χ1v) is 5.97. The summed E-state index contributed by atoms with van der Waals surface area (Å²) in [4.78, 5) is 22.9. The summed E-state index contributed by atoms with van der Waals surface area (Å²) in [7, 11) is 1.46. The molecule has 6 heteroatoms. The van der Waals surface area contributed by atoms with E-state index in [1.54, 1.807) is 0 Å². The molecule has 1 unspecified atom stereocenters. The van der Waals surface area contributed by atoms with E-state index in [9.17, 15) is 9.59 Å². The molecule has 1 atom stereocenters. The van der Waals surface area contributed by atoms with Gasteiger partial charge in [-0.25, -0.2) is 4.79 Å². The lowest BCUT2D eigenvalue weighted by Crippen LogP contribution is -2.35. The SMILES string of the molecule is CCCC(N)C(=O)Nc1cc(OC)ccc1C(=O)O. The quantitative estimate of drug-likeness (QED) is 0.723. The average Bonchev–Trinajstić information content (AvgIpc) is 2.38. The molecule has 0 aliphatic heterocycles. The second kappa shape index (κ2) is 6.75. The van der Waals surface area contributed by atoms with Crippen molar-refractivity contribution >= 4 is 17.6 Å². The molecular formula is C13H18N2O4. The highest BCUT2D eigenvalue weighted by Gasteiger charge is 2.17. The molecular weight excluding hydrogens is 248 g/mol. The molecule has 6 nitrogen and oxygen atoms in total. The normalized spacial score (nSPS) is 11.7. The summed E-state index contributed by atoms with van der Waals surface area (Å²) in [6.07, 6.45) is 1.32. The van der Waals surface area contributed by atoms with Crippen molar-refractivity contribution in [3.63, 3.8) is 0 Å². The first-order valence-electron chi connectivity index (χ1n) is 5.97. The van der Waals surface area contributed by atoms with Crippen LogP contribution in [0.3, 0.4) is 0 Å². The summed E-state index contributed by atoms with van der Waals surface area (Å²) >= 11 is 0. The lowest BCUT2D eigenvalue weighted by molar-refractivity contribution is -0.117. The van der Waals surface area contributed by atoms with E-state index in [0.29, 0.717) is 12.2 Å². The molecule has 0 aliphatic carbocycles. The van der Waals surface area contributed by atoms with Gasteiger partial charge in [0, 0.05) is 6.07 Å². The van der Waals surface area contributed by atoms with E-state index in [-0.39, 0.29) is 11.3 Å². The highest BCUT2D eigenvalue weighted by atomic mass is 16.5. The monoisotopic (exact) mass is 266 g/mol. The Hall–Kier alpha value is -2.08. The third-order valence-electron chi connectivity index (χ3n) is 2.65. The van der Waals surface area contributed by atoms with Crippen LogP contribution in [-0.4, -0.2) is 30.1 Å². The van der Waals surface area contributed by atoms with Gasteiger partial charge in [-0.1, -0.05) is 13.3 Å². The molecule has 1 aromatic carbocycles. The van der Waals surface area contributed by atoms with E-state index in [1.165, 1.54) is 25.3 Å². The zero-order valence-electron chi connectivity index (χ0n) is 11.0. The number of benzene rings is 1. The number of ether oxygens (including phenoxy) is 1. The second-order valence-electron chi connectivity index (χ2n) is 4.10. The zero-order valence-corrected chi connectivity index (χ0v) is 11.0. The average molecular weight is 266 g/mol. The van der Waals surface area contributed by atoms with E-state index in [4.69, 9.17) is 15.6 Å². The van der Waals surface area contributed by atoms with Crippen molar-refractivity contribution in [2.24, 2.45) is 5.73 Å². The van der Waals surface area contributed by atoms with Gasteiger partial charge in [0.2, 0.25) is 5.91 Å². The summed E-state index contributed by atoms with van der Waals surface area (Å²) < 4.78 is 5.00. The number of methoxy groups -OCH3 is 1. The smallest absolute Gasteiger partial charge is 0.337 e. The molecule has 1 amide bonds. The van der Waals surface area contributed by atoms with E-state index < -0.39 is 17.9 Å². The molecule has 1 aromatic rings. The highest BCUT2D eigenvalue weighted by Crippen LogP contribution is 2.22. The van der Waals surface area contributed by atoms with Crippen LogP contribution in [-0.2, 0) is 4.79 Å². The van der Waals surface area contributed by atoms with Crippen LogP contribution in [0.25, 0.3) is 0 Å². The lowest BCUT2D eigenvalue weighted by Gasteiger charge is -2.13. The Morgan fingerprint density at radius 3 is 2.68 bits per heavy atom. The summed E-state index contributed by atoms with van der Waals surface area (Å²) in [5, 5.41) is 11.6. The Kier molecular flexibility index (Phi) is 5.32. The van der Waals surface area contributed by atoms with Crippen molar-refractivity contribution in [3.8, 4) is 5.75 Å². The highest BCUT2D eigenvalue weighted by molar-refractivity contribution is 6.02. The number of amides is 1. The maximum atomic E-state index is 11.8. The van der Waals surface area contributed by atoms with Gasteiger partial charge in [0.25, 0.3) is 0 Å². The molecule has 0 bridgehead atoms. The number of aromatic carboxylic acids is 1. The molecule has 19 heavy (non-hydrogen) atoms. The van der Waals surface area contributed by atoms with Crippen LogP contribution in [0.15, 0.2) is 18.2 Å². The largest absolute Gasteiger partial charge is 0.497 e. The fraction of sp³-hybridized carbons (Fsp3) is 0.385. The Labute approximate surface area is 111 Å².